The Balaban J connectivity index is 1.29. The van der Waals surface area contributed by atoms with Crippen molar-refractivity contribution >= 4 is 56.4 Å². The summed E-state index contributed by atoms with van der Waals surface area (Å²) in [5, 5.41) is 8.78. The Morgan fingerprint density at radius 3 is 2.21 bits per heavy atom. The van der Waals surface area contributed by atoms with Crippen molar-refractivity contribution in [2.75, 3.05) is 17.2 Å². The Hall–Kier alpha value is -4.01. The number of benzene rings is 4. The van der Waals surface area contributed by atoms with E-state index in [1.54, 1.807) is 42.5 Å². The minimum Gasteiger partial charge on any atom is -0.492 e. The Morgan fingerprint density at radius 1 is 0.816 bits per heavy atom. The minimum atomic E-state index is -0.345. The topological polar surface area (TPSA) is 79.5 Å². The summed E-state index contributed by atoms with van der Waals surface area (Å²) < 4.78 is 6.54. The van der Waals surface area contributed by atoms with Gasteiger partial charge in [0, 0.05) is 28.9 Å². The average Bonchev–Trinajstić information content (AvgIpc) is 2.92. The Bertz CT molecular complexity index is 1450. The molecule has 192 valence electrons. The molecule has 0 saturated carbocycles. The van der Waals surface area contributed by atoms with Crippen LogP contribution in [0.25, 0.3) is 0 Å². The molecule has 0 heterocycles. The predicted octanol–water partition coefficient (Wildman–Crippen LogP) is 6.76. The molecular formula is C30H26BrN3O3S. The number of ether oxygens (including phenoxy) is 1. The summed E-state index contributed by atoms with van der Waals surface area (Å²) in [6.07, 6.45) is 0.787. The number of thiocarbonyl (C=S) groups is 1. The highest BCUT2D eigenvalue weighted by atomic mass is 79.9. The lowest BCUT2D eigenvalue weighted by atomic mass is 10.1. The first-order valence-electron chi connectivity index (χ1n) is 11.9. The molecule has 3 N–H and O–H groups in total. The second kappa shape index (κ2) is 13.0. The van der Waals surface area contributed by atoms with Gasteiger partial charge in [0.2, 0.25) is 0 Å². The lowest BCUT2D eigenvalue weighted by molar-refractivity contribution is 0.0976. The van der Waals surface area contributed by atoms with Gasteiger partial charge in [-0.1, -0.05) is 48.5 Å². The van der Waals surface area contributed by atoms with Gasteiger partial charge >= 0.3 is 0 Å². The van der Waals surface area contributed by atoms with Gasteiger partial charge in [0.15, 0.2) is 5.11 Å². The summed E-state index contributed by atoms with van der Waals surface area (Å²) in [5.74, 6) is 0.131. The minimum absolute atomic E-state index is 0.162. The van der Waals surface area contributed by atoms with E-state index in [4.69, 9.17) is 17.0 Å². The molecule has 0 atom stereocenters. The first-order chi connectivity index (χ1) is 18.4. The number of hydrogen-bond acceptors (Lipinski definition) is 4. The standard InChI is InChI=1S/C30H26BrN3O3S/c1-20-18-24(13-14-26(20)33-28(35)22-10-6-3-7-11-22)32-30(38)34-29(36)23-12-15-27(25(31)19-23)37-17-16-21-8-4-2-5-9-21/h2-15,18-19H,16-17H2,1H3,(H,33,35)(H2,32,34,36,38). The number of aryl methyl sites for hydroxylation is 1. The molecule has 2 amide bonds. The van der Waals surface area contributed by atoms with Crippen molar-refractivity contribution in [1.29, 1.82) is 0 Å². The van der Waals surface area contributed by atoms with Crippen LogP contribution in [0.4, 0.5) is 11.4 Å². The Morgan fingerprint density at radius 2 is 1.53 bits per heavy atom. The van der Waals surface area contributed by atoms with Gasteiger partial charge in [-0.2, -0.15) is 0 Å². The van der Waals surface area contributed by atoms with Crippen molar-refractivity contribution in [2.24, 2.45) is 0 Å². The van der Waals surface area contributed by atoms with Crippen LogP contribution in [0, 0.1) is 6.92 Å². The third kappa shape index (κ3) is 7.50. The summed E-state index contributed by atoms with van der Waals surface area (Å²) in [5.41, 5.74) is 4.44. The number of carbonyl (C=O) groups is 2. The molecular weight excluding hydrogens is 562 g/mol. The molecule has 6 nitrogen and oxygen atoms in total. The fraction of sp³-hybridized carbons (Fsp3) is 0.100. The van der Waals surface area contributed by atoms with Crippen LogP contribution in [-0.4, -0.2) is 23.5 Å². The van der Waals surface area contributed by atoms with Gasteiger partial charge in [-0.15, -0.1) is 0 Å². The lowest BCUT2D eigenvalue weighted by Gasteiger charge is -2.14. The molecule has 4 aromatic rings. The number of hydrogen-bond donors (Lipinski definition) is 3. The predicted molar refractivity (Wildman–Crippen MR) is 159 cm³/mol. The highest BCUT2D eigenvalue weighted by molar-refractivity contribution is 9.10. The van der Waals surface area contributed by atoms with E-state index in [1.807, 2.05) is 49.4 Å². The van der Waals surface area contributed by atoms with Gasteiger partial charge in [-0.25, -0.2) is 0 Å². The fourth-order valence-corrected chi connectivity index (χ4v) is 4.39. The summed E-state index contributed by atoms with van der Waals surface area (Å²) in [7, 11) is 0. The Kier molecular flexibility index (Phi) is 9.24. The highest BCUT2D eigenvalue weighted by Gasteiger charge is 2.12. The van der Waals surface area contributed by atoms with Gasteiger partial charge in [0.1, 0.15) is 5.75 Å². The number of nitrogens with one attached hydrogen (secondary N) is 3. The van der Waals surface area contributed by atoms with Crippen LogP contribution in [-0.2, 0) is 6.42 Å². The van der Waals surface area contributed by atoms with Crippen molar-refractivity contribution in [3.63, 3.8) is 0 Å². The molecule has 38 heavy (non-hydrogen) atoms. The fourth-order valence-electron chi connectivity index (χ4n) is 3.69. The van der Waals surface area contributed by atoms with Crippen molar-refractivity contribution in [3.8, 4) is 5.75 Å². The summed E-state index contributed by atoms with van der Waals surface area (Å²) >= 11 is 8.82. The summed E-state index contributed by atoms with van der Waals surface area (Å²) in [6, 6.07) is 29.7. The number of carbonyl (C=O) groups excluding carboxylic acids is 2. The molecule has 0 bridgehead atoms. The van der Waals surface area contributed by atoms with E-state index in [2.05, 4.69) is 44.0 Å². The van der Waals surface area contributed by atoms with Crippen molar-refractivity contribution in [2.45, 2.75) is 13.3 Å². The number of rotatable bonds is 8. The summed E-state index contributed by atoms with van der Waals surface area (Å²) in [6.45, 7) is 2.41. The molecule has 0 radical (unpaired) electrons. The monoisotopic (exact) mass is 587 g/mol. The second-order valence-corrected chi connectivity index (χ2v) is 9.75. The van der Waals surface area contributed by atoms with E-state index in [0.29, 0.717) is 39.3 Å². The van der Waals surface area contributed by atoms with Crippen molar-refractivity contribution < 1.29 is 14.3 Å². The van der Waals surface area contributed by atoms with Crippen LogP contribution in [0.3, 0.4) is 0 Å². The molecule has 8 heteroatoms. The molecule has 0 unspecified atom stereocenters. The van der Waals surface area contributed by atoms with Crippen molar-refractivity contribution in [1.82, 2.24) is 5.32 Å². The van der Waals surface area contributed by atoms with Crippen LogP contribution >= 0.6 is 28.1 Å². The normalized spacial score (nSPS) is 10.4. The summed E-state index contributed by atoms with van der Waals surface area (Å²) in [4.78, 5) is 25.2. The van der Waals surface area contributed by atoms with Crippen LogP contribution in [0.15, 0.2) is 102 Å². The molecule has 0 saturated heterocycles. The zero-order valence-electron chi connectivity index (χ0n) is 20.7. The van der Waals surface area contributed by atoms with E-state index >= 15 is 0 Å². The van der Waals surface area contributed by atoms with Gasteiger partial charge in [-0.05, 0) is 94.7 Å². The lowest BCUT2D eigenvalue weighted by Crippen LogP contribution is -2.34. The maximum Gasteiger partial charge on any atom is 0.257 e. The van der Waals surface area contributed by atoms with Crippen LogP contribution < -0.4 is 20.7 Å². The van der Waals surface area contributed by atoms with Crippen molar-refractivity contribution in [3.05, 3.63) is 124 Å². The molecule has 0 spiro atoms. The van der Waals surface area contributed by atoms with Gasteiger partial charge < -0.3 is 15.4 Å². The van der Waals surface area contributed by atoms with Gasteiger partial charge in [0.05, 0.1) is 11.1 Å². The molecule has 0 fully saturated rings. The zero-order chi connectivity index (χ0) is 26.9. The third-order valence-corrected chi connectivity index (χ3v) is 6.50. The molecule has 0 aromatic heterocycles. The molecule has 4 rings (SSSR count). The quantitative estimate of drug-likeness (QED) is 0.198. The van der Waals surface area contributed by atoms with Gasteiger partial charge in [-0.3, -0.25) is 14.9 Å². The molecule has 0 aliphatic carbocycles. The first kappa shape index (κ1) is 27.0. The van der Waals surface area contributed by atoms with Crippen LogP contribution in [0.1, 0.15) is 31.8 Å². The number of amides is 2. The van der Waals surface area contributed by atoms with E-state index < -0.39 is 0 Å². The van der Waals surface area contributed by atoms with E-state index in [-0.39, 0.29) is 16.9 Å². The van der Waals surface area contributed by atoms with E-state index in [0.717, 1.165) is 12.0 Å². The largest absolute Gasteiger partial charge is 0.492 e. The Labute approximate surface area is 235 Å². The van der Waals surface area contributed by atoms with Crippen LogP contribution in [0.2, 0.25) is 0 Å². The number of halogens is 1. The maximum absolute atomic E-state index is 12.7. The first-order valence-corrected chi connectivity index (χ1v) is 13.1. The van der Waals surface area contributed by atoms with Crippen LogP contribution in [0.5, 0.6) is 5.75 Å². The smallest absolute Gasteiger partial charge is 0.257 e. The molecule has 4 aromatic carbocycles. The van der Waals surface area contributed by atoms with Gasteiger partial charge in [0.25, 0.3) is 11.8 Å². The van der Waals surface area contributed by atoms with E-state index in [9.17, 15) is 9.59 Å². The SMILES string of the molecule is Cc1cc(NC(=S)NC(=O)c2ccc(OCCc3ccccc3)c(Br)c2)ccc1NC(=O)c1ccccc1. The highest BCUT2D eigenvalue weighted by Crippen LogP contribution is 2.26. The number of anilines is 2. The average molecular weight is 589 g/mol. The molecule has 0 aliphatic rings. The molecule has 0 aliphatic heterocycles. The maximum atomic E-state index is 12.7. The zero-order valence-corrected chi connectivity index (χ0v) is 23.1. The third-order valence-electron chi connectivity index (χ3n) is 5.68. The second-order valence-electron chi connectivity index (χ2n) is 8.49. The van der Waals surface area contributed by atoms with E-state index in [1.165, 1.54) is 5.56 Å².